The molecular weight excluding hydrogens is 422 g/mol. The van der Waals surface area contributed by atoms with Crippen LogP contribution in [0.1, 0.15) is 53.0 Å². The SMILES string of the molecule is CC1=C(C)[C@]2(C)C3C(=O)N(CCCCN4CCN(Cc5ccccc5)CC4)C(=O)C3[C@@]1(C)C2C. The Morgan fingerprint density at radius 3 is 1.85 bits per heavy atom. The molecule has 2 heterocycles. The summed E-state index contributed by atoms with van der Waals surface area (Å²) in [6.45, 7) is 18.1. The standard InChI is InChI=1S/C29H41N3O2/c1-20-21(2)29(5)22(3)28(20,4)24-25(29)27(34)32(26(24)33)14-10-9-13-30-15-17-31(18-16-30)19-23-11-7-6-8-12-23/h6-8,11-12,22,24-25H,9-10,13-19H2,1-5H3/t22?,24?,25?,28-,29+. The highest BCUT2D eigenvalue weighted by molar-refractivity contribution is 6.07. The van der Waals surface area contributed by atoms with E-state index in [1.165, 1.54) is 16.7 Å². The Kier molecular flexibility index (Phi) is 6.01. The third kappa shape index (κ3) is 3.34. The first-order chi connectivity index (χ1) is 16.2. The summed E-state index contributed by atoms with van der Waals surface area (Å²) in [5, 5.41) is 0. The van der Waals surface area contributed by atoms with Crippen LogP contribution in [0.5, 0.6) is 0 Å². The van der Waals surface area contributed by atoms with Gasteiger partial charge in [0.25, 0.3) is 0 Å². The quantitative estimate of drug-likeness (QED) is 0.345. The van der Waals surface area contributed by atoms with Crippen molar-refractivity contribution in [1.82, 2.24) is 14.7 Å². The Balaban J connectivity index is 1.11. The number of likely N-dealkylation sites (tertiary alicyclic amines) is 1. The lowest BCUT2D eigenvalue weighted by molar-refractivity contribution is -0.142. The molecule has 34 heavy (non-hydrogen) atoms. The van der Waals surface area contributed by atoms with Gasteiger partial charge in [0.1, 0.15) is 0 Å². The molecule has 3 unspecified atom stereocenters. The van der Waals surface area contributed by atoms with Crippen LogP contribution in [0.3, 0.4) is 0 Å². The van der Waals surface area contributed by atoms with Crippen LogP contribution in [-0.2, 0) is 16.1 Å². The molecule has 2 saturated heterocycles. The minimum Gasteiger partial charge on any atom is -0.301 e. The van der Waals surface area contributed by atoms with Crippen molar-refractivity contribution in [1.29, 1.82) is 0 Å². The highest BCUT2D eigenvalue weighted by Crippen LogP contribution is 2.74. The van der Waals surface area contributed by atoms with E-state index >= 15 is 0 Å². The summed E-state index contributed by atoms with van der Waals surface area (Å²) >= 11 is 0. The zero-order valence-corrected chi connectivity index (χ0v) is 21.6. The van der Waals surface area contributed by atoms with Gasteiger partial charge in [0.2, 0.25) is 11.8 Å². The summed E-state index contributed by atoms with van der Waals surface area (Å²) in [7, 11) is 0. The number of fused-ring (bicyclic) bond motifs is 5. The van der Waals surface area contributed by atoms with Crippen LogP contribution in [0.15, 0.2) is 41.5 Å². The fraction of sp³-hybridized carbons (Fsp3) is 0.655. The maximum absolute atomic E-state index is 13.5. The van der Waals surface area contributed by atoms with Gasteiger partial charge in [-0.2, -0.15) is 0 Å². The molecule has 2 amide bonds. The molecule has 2 bridgehead atoms. The number of hydrogen-bond donors (Lipinski definition) is 0. The van der Waals surface area contributed by atoms with E-state index in [0.717, 1.165) is 52.1 Å². The molecule has 0 N–H and O–H groups in total. The van der Waals surface area contributed by atoms with Crippen LogP contribution >= 0.6 is 0 Å². The Labute approximate surface area is 205 Å². The largest absolute Gasteiger partial charge is 0.301 e. The fourth-order valence-corrected chi connectivity index (χ4v) is 7.86. The van der Waals surface area contributed by atoms with Gasteiger partial charge in [-0.15, -0.1) is 0 Å². The number of imide groups is 1. The summed E-state index contributed by atoms with van der Waals surface area (Å²) in [6, 6.07) is 10.7. The minimum atomic E-state index is -0.176. The second-order valence-corrected chi connectivity index (χ2v) is 11.6. The highest BCUT2D eigenvalue weighted by Gasteiger charge is 2.75. The van der Waals surface area contributed by atoms with E-state index in [-0.39, 0.29) is 34.5 Å². The zero-order valence-electron chi connectivity index (χ0n) is 21.6. The van der Waals surface area contributed by atoms with Gasteiger partial charge in [0, 0.05) is 50.1 Å². The van der Waals surface area contributed by atoms with Gasteiger partial charge in [0.15, 0.2) is 0 Å². The average molecular weight is 464 g/mol. The number of hydrogen-bond acceptors (Lipinski definition) is 4. The molecule has 5 heteroatoms. The van der Waals surface area contributed by atoms with E-state index in [2.05, 4.69) is 74.8 Å². The van der Waals surface area contributed by atoms with Crippen molar-refractivity contribution in [3.63, 3.8) is 0 Å². The van der Waals surface area contributed by atoms with Crippen molar-refractivity contribution in [2.24, 2.45) is 28.6 Å². The molecule has 4 aliphatic rings. The summed E-state index contributed by atoms with van der Waals surface area (Å²) in [5.41, 5.74) is 3.72. The number of amides is 2. The molecule has 5 nitrogen and oxygen atoms in total. The summed E-state index contributed by atoms with van der Waals surface area (Å²) in [5.74, 6) is 0.192. The van der Waals surface area contributed by atoms with Gasteiger partial charge in [-0.25, -0.2) is 0 Å². The lowest BCUT2D eigenvalue weighted by Crippen LogP contribution is -2.46. The first kappa shape index (κ1) is 23.7. The van der Waals surface area contributed by atoms with Crippen LogP contribution in [0.25, 0.3) is 0 Å². The first-order valence-corrected chi connectivity index (χ1v) is 13.2. The number of carbonyl (C=O) groups excluding carboxylic acids is 2. The van der Waals surface area contributed by atoms with Gasteiger partial charge >= 0.3 is 0 Å². The van der Waals surface area contributed by atoms with E-state index in [0.29, 0.717) is 12.5 Å². The Morgan fingerprint density at radius 1 is 0.794 bits per heavy atom. The molecule has 1 aromatic carbocycles. The normalized spacial score (nSPS) is 36.1. The van der Waals surface area contributed by atoms with Gasteiger partial charge in [-0.1, -0.05) is 62.2 Å². The predicted octanol–water partition coefficient (Wildman–Crippen LogP) is 4.20. The molecule has 5 rings (SSSR count). The molecule has 3 fully saturated rings. The van der Waals surface area contributed by atoms with Gasteiger partial charge in [0.05, 0.1) is 11.8 Å². The van der Waals surface area contributed by atoms with Crippen molar-refractivity contribution in [2.45, 2.75) is 54.0 Å². The van der Waals surface area contributed by atoms with Crippen molar-refractivity contribution in [2.75, 3.05) is 39.3 Å². The third-order valence-corrected chi connectivity index (χ3v) is 10.5. The number of carbonyl (C=O) groups is 2. The second kappa shape index (κ2) is 8.60. The molecule has 5 atom stereocenters. The second-order valence-electron chi connectivity index (χ2n) is 11.6. The number of nitrogens with zero attached hydrogens (tertiary/aromatic N) is 3. The Morgan fingerprint density at radius 2 is 1.29 bits per heavy atom. The Hall–Kier alpha value is -1.98. The lowest BCUT2D eigenvalue weighted by Gasteiger charge is -2.35. The van der Waals surface area contributed by atoms with Crippen molar-refractivity contribution in [3.8, 4) is 0 Å². The van der Waals surface area contributed by atoms with Crippen LogP contribution in [0.2, 0.25) is 0 Å². The summed E-state index contributed by atoms with van der Waals surface area (Å²) in [4.78, 5) is 33.6. The molecule has 2 aliphatic heterocycles. The molecular formula is C29H41N3O2. The molecule has 184 valence electrons. The smallest absolute Gasteiger partial charge is 0.234 e. The number of allylic oxidation sites excluding steroid dienone is 2. The molecule has 0 aromatic heterocycles. The van der Waals surface area contributed by atoms with E-state index in [4.69, 9.17) is 0 Å². The summed E-state index contributed by atoms with van der Waals surface area (Å²) in [6.07, 6.45) is 1.93. The van der Waals surface area contributed by atoms with Crippen LogP contribution in [-0.4, -0.2) is 65.8 Å². The topological polar surface area (TPSA) is 43.9 Å². The van der Waals surface area contributed by atoms with E-state index < -0.39 is 0 Å². The van der Waals surface area contributed by atoms with E-state index in [1.807, 2.05) is 0 Å². The fourth-order valence-electron chi connectivity index (χ4n) is 7.86. The molecule has 0 spiro atoms. The first-order valence-electron chi connectivity index (χ1n) is 13.2. The number of rotatable bonds is 7. The number of unbranched alkanes of at least 4 members (excludes halogenated alkanes) is 1. The van der Waals surface area contributed by atoms with Crippen LogP contribution < -0.4 is 0 Å². The zero-order chi connectivity index (χ0) is 24.3. The maximum atomic E-state index is 13.5. The number of benzene rings is 1. The minimum absolute atomic E-state index is 0.0921. The van der Waals surface area contributed by atoms with Crippen LogP contribution in [0, 0.1) is 28.6 Å². The summed E-state index contributed by atoms with van der Waals surface area (Å²) < 4.78 is 0. The molecule has 1 aromatic rings. The average Bonchev–Trinajstić information content (AvgIpc) is 3.25. The van der Waals surface area contributed by atoms with E-state index in [1.54, 1.807) is 4.90 Å². The van der Waals surface area contributed by atoms with Crippen molar-refractivity contribution in [3.05, 3.63) is 47.0 Å². The van der Waals surface area contributed by atoms with Crippen molar-refractivity contribution < 1.29 is 9.59 Å². The van der Waals surface area contributed by atoms with E-state index in [9.17, 15) is 9.59 Å². The molecule has 2 aliphatic carbocycles. The maximum Gasteiger partial charge on any atom is 0.234 e. The van der Waals surface area contributed by atoms with Crippen molar-refractivity contribution >= 4 is 11.8 Å². The monoisotopic (exact) mass is 463 g/mol. The van der Waals surface area contributed by atoms with Gasteiger partial charge in [-0.3, -0.25) is 19.4 Å². The highest BCUT2D eigenvalue weighted by atomic mass is 16.2. The molecule has 1 saturated carbocycles. The van der Waals surface area contributed by atoms with Gasteiger partial charge in [-0.05, 0) is 44.7 Å². The van der Waals surface area contributed by atoms with Gasteiger partial charge < -0.3 is 4.90 Å². The predicted molar refractivity (Wildman–Crippen MR) is 135 cm³/mol. The van der Waals surface area contributed by atoms with Crippen LogP contribution in [0.4, 0.5) is 0 Å². The number of piperazine rings is 1. The molecule has 0 radical (unpaired) electrons. The lowest BCUT2D eigenvalue weighted by atomic mass is 9.66. The third-order valence-electron chi connectivity index (χ3n) is 10.5. The Bertz CT molecular complexity index is 952.